The SMILES string of the molecule is CN1C(=N)N[C@](C)([C@@H]2CC=CC(c3ccc(F)c(Cl)c3)=N2)CC1=O. The summed E-state index contributed by atoms with van der Waals surface area (Å²) < 4.78 is 13.4. The second kappa shape index (κ2) is 6.02. The van der Waals surface area contributed by atoms with Crippen LogP contribution in [0.5, 0.6) is 0 Å². The number of halogens is 2. The number of dihydropyridines is 1. The molecule has 2 atom stereocenters. The first-order chi connectivity index (χ1) is 11.3. The van der Waals surface area contributed by atoms with Gasteiger partial charge in [0.25, 0.3) is 0 Å². The number of aliphatic imine (C=N–C) groups is 1. The Hall–Kier alpha value is -2.21. The van der Waals surface area contributed by atoms with Crippen molar-refractivity contribution in [2.45, 2.75) is 31.3 Å². The van der Waals surface area contributed by atoms with Crippen LogP contribution in [-0.2, 0) is 4.79 Å². The Bertz CT molecular complexity index is 756. The van der Waals surface area contributed by atoms with Crippen LogP contribution < -0.4 is 5.32 Å². The Balaban J connectivity index is 1.91. The highest BCUT2D eigenvalue weighted by atomic mass is 35.5. The van der Waals surface area contributed by atoms with Crippen molar-refractivity contribution in [3.63, 3.8) is 0 Å². The van der Waals surface area contributed by atoms with Gasteiger partial charge in [-0.15, -0.1) is 0 Å². The van der Waals surface area contributed by atoms with Crippen LogP contribution in [-0.4, -0.2) is 41.1 Å². The molecule has 0 unspecified atom stereocenters. The van der Waals surface area contributed by atoms with Gasteiger partial charge in [0.1, 0.15) is 5.82 Å². The number of guanidine groups is 1. The van der Waals surface area contributed by atoms with Crippen LogP contribution in [0.2, 0.25) is 5.02 Å². The molecule has 0 radical (unpaired) electrons. The van der Waals surface area contributed by atoms with Crippen molar-refractivity contribution in [3.8, 4) is 0 Å². The number of benzene rings is 1. The molecule has 2 aliphatic rings. The molecule has 0 spiro atoms. The van der Waals surface area contributed by atoms with E-state index in [9.17, 15) is 9.18 Å². The zero-order valence-electron chi connectivity index (χ0n) is 13.4. The van der Waals surface area contributed by atoms with Crippen LogP contribution in [0.3, 0.4) is 0 Å². The molecule has 1 amide bonds. The van der Waals surface area contributed by atoms with E-state index < -0.39 is 11.4 Å². The van der Waals surface area contributed by atoms with E-state index in [0.29, 0.717) is 12.1 Å². The van der Waals surface area contributed by atoms with E-state index in [4.69, 9.17) is 22.0 Å². The largest absolute Gasteiger partial charge is 0.348 e. The molecule has 0 aliphatic carbocycles. The van der Waals surface area contributed by atoms with Gasteiger partial charge in [-0.25, -0.2) is 4.39 Å². The molecule has 5 nitrogen and oxygen atoms in total. The van der Waals surface area contributed by atoms with Gasteiger partial charge < -0.3 is 5.32 Å². The number of hydrogen-bond acceptors (Lipinski definition) is 3. The number of carbonyl (C=O) groups is 1. The molecule has 126 valence electrons. The molecule has 1 fully saturated rings. The maximum absolute atomic E-state index is 13.4. The van der Waals surface area contributed by atoms with Crippen molar-refractivity contribution in [1.82, 2.24) is 10.2 Å². The lowest BCUT2D eigenvalue weighted by Crippen LogP contribution is -2.64. The van der Waals surface area contributed by atoms with Gasteiger partial charge in [0.2, 0.25) is 5.91 Å². The summed E-state index contributed by atoms with van der Waals surface area (Å²) in [6.45, 7) is 1.90. The predicted molar refractivity (Wildman–Crippen MR) is 92.1 cm³/mol. The maximum atomic E-state index is 13.4. The van der Waals surface area contributed by atoms with Crippen LogP contribution in [0.1, 0.15) is 25.3 Å². The summed E-state index contributed by atoms with van der Waals surface area (Å²) in [4.78, 5) is 18.1. The number of nitrogens with zero attached hydrogens (tertiary/aromatic N) is 2. The first-order valence-electron chi connectivity index (χ1n) is 7.63. The molecule has 0 saturated carbocycles. The second-order valence-corrected chi connectivity index (χ2v) is 6.72. The van der Waals surface area contributed by atoms with Gasteiger partial charge in [-0.3, -0.25) is 20.1 Å². The summed E-state index contributed by atoms with van der Waals surface area (Å²) in [7, 11) is 1.58. The molecule has 24 heavy (non-hydrogen) atoms. The molecular formula is C17H18ClFN4O. The lowest BCUT2D eigenvalue weighted by molar-refractivity contribution is -0.129. The number of carbonyl (C=O) groups excluding carboxylic acids is 1. The van der Waals surface area contributed by atoms with Gasteiger partial charge >= 0.3 is 0 Å². The second-order valence-electron chi connectivity index (χ2n) is 6.32. The smallest absolute Gasteiger partial charge is 0.231 e. The highest BCUT2D eigenvalue weighted by Gasteiger charge is 2.42. The molecule has 1 aromatic carbocycles. The zero-order valence-corrected chi connectivity index (χ0v) is 14.2. The Morgan fingerprint density at radius 3 is 2.92 bits per heavy atom. The fraction of sp³-hybridized carbons (Fsp3) is 0.353. The van der Waals surface area contributed by atoms with E-state index >= 15 is 0 Å². The normalized spacial score (nSPS) is 27.1. The lowest BCUT2D eigenvalue weighted by atomic mass is 9.83. The average molecular weight is 349 g/mol. The summed E-state index contributed by atoms with van der Waals surface area (Å²) in [6.07, 6.45) is 4.76. The van der Waals surface area contributed by atoms with E-state index in [1.165, 1.54) is 11.0 Å². The molecule has 0 bridgehead atoms. The number of allylic oxidation sites excluding steroid dienone is 1. The summed E-state index contributed by atoms with van der Waals surface area (Å²) in [5.74, 6) is -0.511. The monoisotopic (exact) mass is 348 g/mol. The quantitative estimate of drug-likeness (QED) is 0.862. The fourth-order valence-corrected chi connectivity index (χ4v) is 3.14. The van der Waals surface area contributed by atoms with Crippen molar-refractivity contribution in [2.75, 3.05) is 7.05 Å². The Morgan fingerprint density at radius 1 is 1.50 bits per heavy atom. The van der Waals surface area contributed by atoms with Crippen molar-refractivity contribution in [2.24, 2.45) is 4.99 Å². The molecular weight excluding hydrogens is 331 g/mol. The lowest BCUT2D eigenvalue weighted by Gasteiger charge is -2.43. The van der Waals surface area contributed by atoms with Crippen LogP contribution in [0, 0.1) is 11.2 Å². The minimum atomic E-state index is -0.638. The zero-order chi connectivity index (χ0) is 17.5. The van der Waals surface area contributed by atoms with E-state index in [-0.39, 0.29) is 29.4 Å². The molecule has 3 rings (SSSR count). The van der Waals surface area contributed by atoms with Crippen LogP contribution in [0.15, 0.2) is 35.3 Å². The third kappa shape index (κ3) is 2.94. The maximum Gasteiger partial charge on any atom is 0.231 e. The van der Waals surface area contributed by atoms with Crippen molar-refractivity contribution >= 4 is 29.2 Å². The van der Waals surface area contributed by atoms with Crippen LogP contribution in [0.4, 0.5) is 4.39 Å². The molecule has 7 heteroatoms. The van der Waals surface area contributed by atoms with Gasteiger partial charge in [-0.1, -0.05) is 17.7 Å². The average Bonchev–Trinajstić information content (AvgIpc) is 2.55. The fourth-order valence-electron chi connectivity index (χ4n) is 2.96. The summed E-state index contributed by atoms with van der Waals surface area (Å²) >= 11 is 5.86. The third-order valence-corrected chi connectivity index (χ3v) is 4.80. The minimum Gasteiger partial charge on any atom is -0.348 e. The summed E-state index contributed by atoms with van der Waals surface area (Å²) in [5.41, 5.74) is 0.773. The highest BCUT2D eigenvalue weighted by Crippen LogP contribution is 2.29. The van der Waals surface area contributed by atoms with Gasteiger partial charge in [0, 0.05) is 12.6 Å². The minimum absolute atomic E-state index is 0.0475. The molecule has 2 heterocycles. The van der Waals surface area contributed by atoms with Gasteiger partial charge in [-0.05, 0) is 37.6 Å². The van der Waals surface area contributed by atoms with Crippen molar-refractivity contribution in [3.05, 3.63) is 46.8 Å². The van der Waals surface area contributed by atoms with E-state index in [2.05, 4.69) is 5.32 Å². The molecule has 0 aromatic heterocycles. The van der Waals surface area contributed by atoms with Crippen molar-refractivity contribution in [1.29, 1.82) is 5.41 Å². The number of rotatable bonds is 2. The summed E-state index contributed by atoms with van der Waals surface area (Å²) in [6, 6.07) is 4.27. The van der Waals surface area contributed by atoms with E-state index in [0.717, 1.165) is 5.56 Å². The van der Waals surface area contributed by atoms with Gasteiger partial charge in [-0.2, -0.15) is 0 Å². The van der Waals surface area contributed by atoms with Gasteiger partial charge in [0.15, 0.2) is 5.96 Å². The Labute approximate surface area is 144 Å². The number of nitrogens with one attached hydrogen (secondary N) is 2. The molecule has 2 N–H and O–H groups in total. The number of amides is 1. The van der Waals surface area contributed by atoms with Crippen LogP contribution in [0.25, 0.3) is 0 Å². The summed E-state index contributed by atoms with van der Waals surface area (Å²) in [5, 5.41) is 11.1. The number of hydrogen-bond donors (Lipinski definition) is 2. The first-order valence-corrected chi connectivity index (χ1v) is 8.01. The molecule has 1 aromatic rings. The Morgan fingerprint density at radius 2 is 2.25 bits per heavy atom. The van der Waals surface area contributed by atoms with E-state index in [1.54, 1.807) is 19.2 Å². The highest BCUT2D eigenvalue weighted by molar-refractivity contribution is 6.31. The van der Waals surface area contributed by atoms with Gasteiger partial charge in [0.05, 0.1) is 28.7 Å². The molecule has 1 saturated heterocycles. The first kappa shape index (κ1) is 16.6. The van der Waals surface area contributed by atoms with Crippen LogP contribution >= 0.6 is 11.6 Å². The van der Waals surface area contributed by atoms with Crippen molar-refractivity contribution < 1.29 is 9.18 Å². The van der Waals surface area contributed by atoms with E-state index in [1.807, 2.05) is 19.1 Å². The topological polar surface area (TPSA) is 68.6 Å². The third-order valence-electron chi connectivity index (χ3n) is 4.51. The Kier molecular flexibility index (Phi) is 4.17. The molecule has 2 aliphatic heterocycles. The predicted octanol–water partition coefficient (Wildman–Crippen LogP) is 2.74. The standard InChI is InChI=1S/C17H18ClFN4O/c1-17(9-15(24)23(2)16(20)22-17)14-5-3-4-13(21-14)10-6-7-12(19)11(18)8-10/h3-4,6-8,14H,5,9H2,1-2H3,(H2,20,22)/t14-,17-/m0/s1.